The van der Waals surface area contributed by atoms with Gasteiger partial charge in [-0.05, 0) is 36.2 Å². The van der Waals surface area contributed by atoms with E-state index in [1.54, 1.807) is 60.7 Å². The van der Waals surface area contributed by atoms with Crippen LogP contribution in [0.1, 0.15) is 54.2 Å². The van der Waals surface area contributed by atoms with E-state index in [9.17, 15) is 14.4 Å². The van der Waals surface area contributed by atoms with Crippen molar-refractivity contribution >= 4 is 17.9 Å². The Balaban J connectivity index is 1.76. The summed E-state index contributed by atoms with van der Waals surface area (Å²) in [4.78, 5) is 36.1. The maximum atomic E-state index is 12.8. The van der Waals surface area contributed by atoms with Gasteiger partial charge in [0.05, 0.1) is 5.56 Å². The molecule has 168 valence electrons. The Kier molecular flexibility index (Phi) is 6.01. The maximum absolute atomic E-state index is 12.8. The van der Waals surface area contributed by atoms with E-state index in [4.69, 9.17) is 14.2 Å². The number of cyclic esters (lactones) is 1. The molecule has 6 heteroatoms. The van der Waals surface area contributed by atoms with Crippen LogP contribution in [-0.4, -0.2) is 17.9 Å². The van der Waals surface area contributed by atoms with E-state index < -0.39 is 17.5 Å². The molecule has 0 aromatic heterocycles. The predicted molar refractivity (Wildman–Crippen MR) is 121 cm³/mol. The molecule has 0 spiro atoms. The first-order chi connectivity index (χ1) is 15.8. The van der Waals surface area contributed by atoms with Crippen LogP contribution in [0.3, 0.4) is 0 Å². The lowest BCUT2D eigenvalue weighted by Gasteiger charge is -2.30. The fraction of sp³-hybridized carbons (Fsp3) is 0.222. The van der Waals surface area contributed by atoms with E-state index in [2.05, 4.69) is 0 Å². The highest BCUT2D eigenvalue weighted by Crippen LogP contribution is 2.47. The van der Waals surface area contributed by atoms with Crippen LogP contribution in [0.25, 0.3) is 0 Å². The van der Waals surface area contributed by atoms with Crippen LogP contribution < -0.4 is 9.47 Å². The van der Waals surface area contributed by atoms with Gasteiger partial charge in [0.15, 0.2) is 5.60 Å². The van der Waals surface area contributed by atoms with Gasteiger partial charge in [-0.25, -0.2) is 4.79 Å². The van der Waals surface area contributed by atoms with E-state index in [0.717, 1.165) is 0 Å². The summed E-state index contributed by atoms with van der Waals surface area (Å²) in [5.74, 6) is -0.135. The van der Waals surface area contributed by atoms with Crippen molar-refractivity contribution in [1.29, 1.82) is 0 Å². The molecular formula is C27H24O6. The highest BCUT2D eigenvalue weighted by molar-refractivity contribution is 5.96. The van der Waals surface area contributed by atoms with Crippen molar-refractivity contribution < 1.29 is 28.6 Å². The molecule has 1 aliphatic rings. The second-order valence-electron chi connectivity index (χ2n) is 8.33. The van der Waals surface area contributed by atoms with Gasteiger partial charge < -0.3 is 14.2 Å². The summed E-state index contributed by atoms with van der Waals surface area (Å²) in [6.45, 7) is 5.24. The van der Waals surface area contributed by atoms with E-state index in [1.165, 1.54) is 6.92 Å². The third-order valence-corrected chi connectivity index (χ3v) is 5.36. The minimum Gasteiger partial charge on any atom is -0.441 e. The van der Waals surface area contributed by atoms with Crippen LogP contribution in [0.5, 0.6) is 11.5 Å². The van der Waals surface area contributed by atoms with Crippen molar-refractivity contribution in [1.82, 2.24) is 0 Å². The molecule has 6 nitrogen and oxygen atoms in total. The number of hydrogen-bond donors (Lipinski definition) is 0. The first-order valence-electron chi connectivity index (χ1n) is 10.7. The lowest BCUT2D eigenvalue weighted by atomic mass is 9.80. The zero-order valence-electron chi connectivity index (χ0n) is 18.7. The highest BCUT2D eigenvalue weighted by atomic mass is 16.6. The average Bonchev–Trinajstić information content (AvgIpc) is 3.07. The SMILES string of the molecule is CC(=O)Oc1ccc(C2(c3ccc(OC(=O)CC(C)C)cc3)OC(=O)c3ccccc32)cc1. The number of carbonyl (C=O) groups is 3. The maximum Gasteiger partial charge on any atom is 0.340 e. The van der Waals surface area contributed by atoms with Gasteiger partial charge in [0.25, 0.3) is 0 Å². The first-order valence-corrected chi connectivity index (χ1v) is 10.7. The molecule has 0 bridgehead atoms. The van der Waals surface area contributed by atoms with E-state index in [1.807, 2.05) is 26.0 Å². The van der Waals surface area contributed by atoms with Crippen molar-refractivity contribution in [2.75, 3.05) is 0 Å². The first kappa shape index (κ1) is 22.3. The van der Waals surface area contributed by atoms with E-state index in [0.29, 0.717) is 40.2 Å². The molecule has 4 rings (SSSR count). The Bertz CT molecular complexity index is 1190. The molecule has 0 radical (unpaired) electrons. The number of benzene rings is 3. The van der Waals surface area contributed by atoms with Gasteiger partial charge in [-0.1, -0.05) is 56.3 Å². The molecule has 1 aliphatic heterocycles. The lowest BCUT2D eigenvalue weighted by molar-refractivity contribution is -0.135. The van der Waals surface area contributed by atoms with Crippen LogP contribution in [0, 0.1) is 5.92 Å². The summed E-state index contributed by atoms with van der Waals surface area (Å²) in [6.07, 6.45) is 0.325. The monoisotopic (exact) mass is 444 g/mol. The number of fused-ring (bicyclic) bond motifs is 1. The molecule has 0 saturated heterocycles. The lowest BCUT2D eigenvalue weighted by Crippen LogP contribution is -2.29. The zero-order valence-corrected chi connectivity index (χ0v) is 18.7. The van der Waals surface area contributed by atoms with Crippen LogP contribution in [0.4, 0.5) is 0 Å². The Hall–Kier alpha value is -3.93. The number of rotatable bonds is 6. The highest BCUT2D eigenvalue weighted by Gasteiger charge is 2.48. The summed E-state index contributed by atoms with van der Waals surface area (Å²) in [7, 11) is 0. The summed E-state index contributed by atoms with van der Waals surface area (Å²) in [5.41, 5.74) is 1.39. The second kappa shape index (κ2) is 8.90. The summed E-state index contributed by atoms with van der Waals surface area (Å²) < 4.78 is 16.6. The largest absolute Gasteiger partial charge is 0.441 e. The van der Waals surface area contributed by atoms with Crippen molar-refractivity contribution in [3.05, 3.63) is 95.1 Å². The number of carbonyl (C=O) groups excluding carboxylic acids is 3. The molecule has 0 aliphatic carbocycles. The van der Waals surface area contributed by atoms with Crippen LogP contribution in [0.2, 0.25) is 0 Å². The molecule has 3 aromatic carbocycles. The molecule has 3 aromatic rings. The minimum absolute atomic E-state index is 0.199. The number of ether oxygens (including phenoxy) is 3. The van der Waals surface area contributed by atoms with Crippen molar-refractivity contribution in [3.63, 3.8) is 0 Å². The van der Waals surface area contributed by atoms with Crippen LogP contribution in [0.15, 0.2) is 72.8 Å². The topological polar surface area (TPSA) is 78.9 Å². The van der Waals surface area contributed by atoms with Crippen molar-refractivity contribution in [2.24, 2.45) is 5.92 Å². The molecule has 1 heterocycles. The van der Waals surface area contributed by atoms with Gasteiger partial charge in [-0.2, -0.15) is 0 Å². The Morgan fingerprint density at radius 1 is 0.848 bits per heavy atom. The summed E-state index contributed by atoms with van der Waals surface area (Å²) >= 11 is 0. The van der Waals surface area contributed by atoms with E-state index >= 15 is 0 Å². The van der Waals surface area contributed by atoms with Gasteiger partial charge >= 0.3 is 17.9 Å². The number of hydrogen-bond acceptors (Lipinski definition) is 6. The van der Waals surface area contributed by atoms with Gasteiger partial charge in [-0.15, -0.1) is 0 Å². The molecular weight excluding hydrogens is 420 g/mol. The quantitative estimate of drug-likeness (QED) is 0.392. The summed E-state index contributed by atoms with van der Waals surface area (Å²) in [5, 5.41) is 0. The molecule has 0 N–H and O–H groups in total. The average molecular weight is 444 g/mol. The molecule has 0 saturated carbocycles. The van der Waals surface area contributed by atoms with Crippen molar-refractivity contribution in [3.8, 4) is 11.5 Å². The zero-order chi connectivity index (χ0) is 23.6. The fourth-order valence-corrected chi connectivity index (χ4v) is 4.00. The van der Waals surface area contributed by atoms with Gasteiger partial charge in [0, 0.05) is 30.0 Å². The third kappa shape index (κ3) is 4.37. The van der Waals surface area contributed by atoms with Gasteiger partial charge in [0.1, 0.15) is 11.5 Å². The minimum atomic E-state index is -1.19. The number of esters is 3. The van der Waals surface area contributed by atoms with Crippen molar-refractivity contribution in [2.45, 2.75) is 32.8 Å². The smallest absolute Gasteiger partial charge is 0.340 e. The van der Waals surface area contributed by atoms with E-state index in [-0.39, 0.29) is 11.9 Å². The van der Waals surface area contributed by atoms with Gasteiger partial charge in [-0.3, -0.25) is 9.59 Å². The molecule has 0 fully saturated rings. The molecule has 1 unspecified atom stereocenters. The third-order valence-electron chi connectivity index (χ3n) is 5.36. The molecule has 0 amide bonds. The Labute approximate surface area is 192 Å². The second-order valence-corrected chi connectivity index (χ2v) is 8.33. The predicted octanol–water partition coefficient (Wildman–Crippen LogP) is 5.03. The van der Waals surface area contributed by atoms with Crippen LogP contribution in [-0.2, 0) is 19.9 Å². The van der Waals surface area contributed by atoms with Crippen LogP contribution >= 0.6 is 0 Å². The fourth-order valence-electron chi connectivity index (χ4n) is 4.00. The molecule has 1 atom stereocenters. The Morgan fingerprint density at radius 3 is 1.94 bits per heavy atom. The Morgan fingerprint density at radius 2 is 1.39 bits per heavy atom. The standard InChI is InChI=1S/C27H24O6/c1-17(2)16-25(29)32-22-14-10-20(11-15-22)27(19-8-12-21(13-9-19)31-18(3)28)24-7-5-4-6-23(24)26(30)33-27/h4-15,17H,16H2,1-3H3. The molecule has 33 heavy (non-hydrogen) atoms. The normalized spacial score (nSPS) is 16.8. The summed E-state index contributed by atoms with van der Waals surface area (Å²) in [6, 6.07) is 21.0. The van der Waals surface area contributed by atoms with Gasteiger partial charge in [0.2, 0.25) is 0 Å².